The summed E-state index contributed by atoms with van der Waals surface area (Å²) in [5.74, 6) is 2.33. The van der Waals surface area contributed by atoms with Crippen molar-refractivity contribution in [1.82, 2.24) is 15.2 Å². The van der Waals surface area contributed by atoms with Crippen LogP contribution in [0.1, 0.15) is 22.9 Å². The Hall–Kier alpha value is -1.09. The fourth-order valence-corrected chi connectivity index (χ4v) is 2.36. The van der Waals surface area contributed by atoms with Gasteiger partial charge in [0.25, 0.3) is 0 Å². The van der Waals surface area contributed by atoms with Gasteiger partial charge in [-0.2, -0.15) is 0 Å². The largest absolute Gasteiger partial charge is 0.444 e. The van der Waals surface area contributed by atoms with Gasteiger partial charge in [-0.05, 0) is 31.5 Å². The Morgan fingerprint density at radius 3 is 2.48 bits per heavy atom. The summed E-state index contributed by atoms with van der Waals surface area (Å²) in [4.78, 5) is 10.7. The fourth-order valence-electron chi connectivity index (χ4n) is 2.09. The summed E-state index contributed by atoms with van der Waals surface area (Å²) in [6, 6.07) is 8.26. The lowest BCUT2D eigenvalue weighted by Crippen LogP contribution is -2.38. The maximum Gasteiger partial charge on any atom is 0.214 e. The van der Waals surface area contributed by atoms with Crippen molar-refractivity contribution in [1.29, 1.82) is 0 Å². The van der Waals surface area contributed by atoms with Gasteiger partial charge in [-0.1, -0.05) is 28.1 Å². The van der Waals surface area contributed by atoms with Crippen molar-refractivity contribution in [3.05, 3.63) is 51.6 Å². The first-order valence-electron chi connectivity index (χ1n) is 7.08. The Morgan fingerprint density at radius 1 is 1.30 bits per heavy atom. The maximum absolute atomic E-state index is 5.57. The van der Waals surface area contributed by atoms with Gasteiger partial charge in [0.05, 0.1) is 12.2 Å². The van der Waals surface area contributed by atoms with Crippen molar-refractivity contribution in [2.75, 3.05) is 14.1 Å². The molecule has 1 aromatic carbocycles. The monoisotopic (exact) mass is 492 g/mol. The minimum atomic E-state index is 0. The zero-order valence-corrected chi connectivity index (χ0v) is 17.7. The van der Waals surface area contributed by atoms with Gasteiger partial charge in [-0.3, -0.25) is 4.99 Å². The molecule has 0 radical (unpaired) electrons. The highest BCUT2D eigenvalue weighted by atomic mass is 127. The molecule has 2 rings (SSSR count). The number of benzene rings is 1. The normalized spacial score (nSPS) is 11.1. The SMILES string of the molecule is CN=C(NCc1nc(C)c(C)o1)N(C)Cc1ccc(Br)cc1.I. The first-order valence-corrected chi connectivity index (χ1v) is 7.88. The lowest BCUT2D eigenvalue weighted by Gasteiger charge is -2.21. The molecule has 0 fully saturated rings. The summed E-state index contributed by atoms with van der Waals surface area (Å²) in [6.45, 7) is 5.15. The molecule has 0 unspecified atom stereocenters. The third kappa shape index (κ3) is 5.80. The van der Waals surface area contributed by atoms with Crippen LogP contribution in [-0.2, 0) is 13.1 Å². The highest BCUT2D eigenvalue weighted by molar-refractivity contribution is 14.0. The minimum absolute atomic E-state index is 0. The molecule has 0 spiro atoms. The molecule has 0 saturated heterocycles. The van der Waals surface area contributed by atoms with Crippen LogP contribution in [0.5, 0.6) is 0 Å². The smallest absolute Gasteiger partial charge is 0.214 e. The summed E-state index contributed by atoms with van der Waals surface area (Å²) in [7, 11) is 3.77. The number of guanidine groups is 1. The van der Waals surface area contributed by atoms with Gasteiger partial charge in [0.1, 0.15) is 5.76 Å². The lowest BCUT2D eigenvalue weighted by atomic mass is 10.2. The van der Waals surface area contributed by atoms with Crippen LogP contribution in [0.15, 0.2) is 38.1 Å². The first-order chi connectivity index (χ1) is 10.5. The number of nitrogens with one attached hydrogen (secondary N) is 1. The van der Waals surface area contributed by atoms with Crippen molar-refractivity contribution in [3.8, 4) is 0 Å². The summed E-state index contributed by atoms with van der Waals surface area (Å²) >= 11 is 3.45. The van der Waals surface area contributed by atoms with E-state index in [0.717, 1.165) is 28.4 Å². The second-order valence-electron chi connectivity index (χ2n) is 5.13. The third-order valence-corrected chi connectivity index (χ3v) is 3.91. The van der Waals surface area contributed by atoms with Crippen LogP contribution < -0.4 is 5.32 Å². The van der Waals surface area contributed by atoms with E-state index in [4.69, 9.17) is 4.42 Å². The number of hydrogen-bond acceptors (Lipinski definition) is 3. The molecule has 1 aromatic heterocycles. The molecule has 0 amide bonds. The van der Waals surface area contributed by atoms with Crippen molar-refractivity contribution < 1.29 is 4.42 Å². The van der Waals surface area contributed by atoms with Crippen LogP contribution in [0, 0.1) is 13.8 Å². The Kier molecular flexibility index (Phi) is 8.04. The molecule has 0 aliphatic heterocycles. The number of oxazole rings is 1. The number of halogens is 2. The summed E-state index contributed by atoms with van der Waals surface area (Å²) < 4.78 is 6.65. The number of aliphatic imine (C=N–C) groups is 1. The van der Waals surface area contributed by atoms with Crippen LogP contribution in [0.25, 0.3) is 0 Å². The van der Waals surface area contributed by atoms with Gasteiger partial charge < -0.3 is 14.6 Å². The molecule has 0 atom stereocenters. The van der Waals surface area contributed by atoms with Gasteiger partial charge in [0.2, 0.25) is 5.89 Å². The molecule has 0 aliphatic carbocycles. The minimum Gasteiger partial charge on any atom is -0.444 e. The molecule has 7 heteroatoms. The molecule has 126 valence electrons. The molecule has 1 N–H and O–H groups in total. The van der Waals surface area contributed by atoms with Crippen LogP contribution in [-0.4, -0.2) is 29.9 Å². The summed E-state index contributed by atoms with van der Waals surface area (Å²) in [6.07, 6.45) is 0. The Labute approximate surface area is 162 Å². The van der Waals surface area contributed by atoms with E-state index < -0.39 is 0 Å². The van der Waals surface area contributed by atoms with E-state index in [1.807, 2.05) is 33.0 Å². The number of aryl methyl sites for hydroxylation is 2. The van der Waals surface area contributed by atoms with E-state index in [2.05, 4.69) is 48.3 Å². The van der Waals surface area contributed by atoms with Gasteiger partial charge in [0.15, 0.2) is 5.96 Å². The maximum atomic E-state index is 5.57. The highest BCUT2D eigenvalue weighted by Crippen LogP contribution is 2.12. The van der Waals surface area contributed by atoms with Crippen LogP contribution in [0.2, 0.25) is 0 Å². The zero-order valence-electron chi connectivity index (χ0n) is 13.8. The van der Waals surface area contributed by atoms with E-state index >= 15 is 0 Å². The van der Waals surface area contributed by atoms with Crippen LogP contribution in [0.4, 0.5) is 0 Å². The molecule has 0 saturated carbocycles. The van der Waals surface area contributed by atoms with Crippen molar-refractivity contribution in [2.24, 2.45) is 4.99 Å². The molecule has 0 aliphatic rings. The second kappa shape index (κ2) is 9.27. The molecule has 5 nitrogen and oxygen atoms in total. The molecule has 23 heavy (non-hydrogen) atoms. The first kappa shape index (κ1) is 20.0. The van der Waals surface area contributed by atoms with E-state index in [1.54, 1.807) is 7.05 Å². The van der Waals surface area contributed by atoms with Crippen molar-refractivity contribution in [2.45, 2.75) is 26.9 Å². The molecule has 1 heterocycles. The van der Waals surface area contributed by atoms with E-state index in [0.29, 0.717) is 12.4 Å². The van der Waals surface area contributed by atoms with E-state index in [-0.39, 0.29) is 24.0 Å². The summed E-state index contributed by atoms with van der Waals surface area (Å²) in [5, 5.41) is 3.27. The number of nitrogens with zero attached hydrogens (tertiary/aromatic N) is 3. The van der Waals surface area contributed by atoms with Crippen LogP contribution in [0.3, 0.4) is 0 Å². The Balaban J connectivity index is 0.00000264. The third-order valence-electron chi connectivity index (χ3n) is 3.38. The number of aromatic nitrogens is 1. The predicted octanol–water partition coefficient (Wildman–Crippen LogP) is 3.88. The predicted molar refractivity (Wildman–Crippen MR) is 107 cm³/mol. The molecule has 2 aromatic rings. The Bertz CT molecular complexity index is 635. The molecular formula is C16H22BrIN4O. The molecular weight excluding hydrogens is 471 g/mol. The van der Waals surface area contributed by atoms with Crippen LogP contribution >= 0.6 is 39.9 Å². The van der Waals surface area contributed by atoms with Gasteiger partial charge in [-0.25, -0.2) is 4.98 Å². The van der Waals surface area contributed by atoms with Crippen molar-refractivity contribution in [3.63, 3.8) is 0 Å². The standard InChI is InChI=1S/C16H21BrN4O.HI/c1-11-12(2)22-15(20-11)9-19-16(18-3)21(4)10-13-5-7-14(17)8-6-13;/h5-8H,9-10H2,1-4H3,(H,18,19);1H. The van der Waals surface area contributed by atoms with Crippen molar-refractivity contribution >= 4 is 45.9 Å². The Morgan fingerprint density at radius 2 is 1.96 bits per heavy atom. The average molecular weight is 493 g/mol. The fraction of sp³-hybridized carbons (Fsp3) is 0.375. The van der Waals surface area contributed by atoms with Gasteiger partial charge in [-0.15, -0.1) is 24.0 Å². The zero-order chi connectivity index (χ0) is 16.1. The van der Waals surface area contributed by atoms with E-state index in [9.17, 15) is 0 Å². The molecule has 0 bridgehead atoms. The van der Waals surface area contributed by atoms with E-state index in [1.165, 1.54) is 5.56 Å². The average Bonchev–Trinajstić information content (AvgIpc) is 2.81. The topological polar surface area (TPSA) is 53.7 Å². The number of rotatable bonds is 4. The highest BCUT2D eigenvalue weighted by Gasteiger charge is 2.09. The second-order valence-corrected chi connectivity index (χ2v) is 6.05. The number of hydrogen-bond donors (Lipinski definition) is 1. The van der Waals surface area contributed by atoms with Gasteiger partial charge >= 0.3 is 0 Å². The lowest BCUT2D eigenvalue weighted by molar-refractivity contribution is 0.443. The quantitative estimate of drug-likeness (QED) is 0.400. The summed E-state index contributed by atoms with van der Waals surface area (Å²) in [5.41, 5.74) is 2.14. The van der Waals surface area contributed by atoms with Gasteiger partial charge in [0, 0.05) is 25.1 Å².